The third-order valence-electron chi connectivity index (χ3n) is 3.32. The molecule has 5 nitrogen and oxygen atoms in total. The summed E-state index contributed by atoms with van der Waals surface area (Å²) in [7, 11) is 0. The first kappa shape index (κ1) is 13.2. The predicted octanol–water partition coefficient (Wildman–Crippen LogP) is 3.54. The summed E-state index contributed by atoms with van der Waals surface area (Å²) < 4.78 is 5.37. The molecule has 5 heteroatoms. The molecular weight excluding hydrogens is 266 g/mol. The lowest BCUT2D eigenvalue weighted by Gasteiger charge is -2.05. The van der Waals surface area contributed by atoms with Crippen LogP contribution in [0.3, 0.4) is 0 Å². The lowest BCUT2D eigenvalue weighted by atomic mass is 10.1. The fraction of sp³-hybridized carbons (Fsp3) is 0.125. The summed E-state index contributed by atoms with van der Waals surface area (Å²) in [5.74, 6) is 0.00709. The van der Waals surface area contributed by atoms with Crippen molar-refractivity contribution in [3.05, 3.63) is 59.8 Å². The molecule has 0 spiro atoms. The molecule has 0 atom stereocenters. The van der Waals surface area contributed by atoms with E-state index in [2.05, 4.69) is 15.5 Å². The smallest absolute Gasteiger partial charge is 0.292 e. The lowest BCUT2D eigenvalue weighted by molar-refractivity contribution is 0.0997. The molecule has 0 aliphatic carbocycles. The molecule has 106 valence electrons. The van der Waals surface area contributed by atoms with Gasteiger partial charge in [-0.15, -0.1) is 0 Å². The van der Waals surface area contributed by atoms with Crippen molar-refractivity contribution < 1.29 is 9.21 Å². The van der Waals surface area contributed by atoms with Crippen molar-refractivity contribution in [3.63, 3.8) is 0 Å². The Morgan fingerprint density at radius 1 is 1.19 bits per heavy atom. The van der Waals surface area contributed by atoms with E-state index in [9.17, 15) is 4.79 Å². The zero-order valence-corrected chi connectivity index (χ0v) is 11.8. The van der Waals surface area contributed by atoms with Crippen LogP contribution in [0.4, 0.5) is 5.69 Å². The Morgan fingerprint density at radius 2 is 1.95 bits per heavy atom. The van der Waals surface area contributed by atoms with Gasteiger partial charge in [-0.1, -0.05) is 30.3 Å². The summed E-state index contributed by atoms with van der Waals surface area (Å²) >= 11 is 0. The quantitative estimate of drug-likeness (QED) is 0.771. The molecule has 0 radical (unpaired) electrons. The van der Waals surface area contributed by atoms with Crippen molar-refractivity contribution in [1.82, 2.24) is 10.2 Å². The SMILES string of the molecule is Cc1n[nH]c(C)c1NC(=O)c1occc1-c1ccccc1. The van der Waals surface area contributed by atoms with E-state index in [0.29, 0.717) is 11.4 Å². The van der Waals surface area contributed by atoms with Gasteiger partial charge in [0.25, 0.3) is 5.91 Å². The van der Waals surface area contributed by atoms with Gasteiger partial charge in [0.1, 0.15) is 0 Å². The second-order valence-corrected chi connectivity index (χ2v) is 4.79. The van der Waals surface area contributed by atoms with Gasteiger partial charge in [0.15, 0.2) is 5.76 Å². The van der Waals surface area contributed by atoms with Crippen molar-refractivity contribution >= 4 is 11.6 Å². The monoisotopic (exact) mass is 281 g/mol. The Hall–Kier alpha value is -2.82. The topological polar surface area (TPSA) is 70.9 Å². The first-order chi connectivity index (χ1) is 10.2. The van der Waals surface area contributed by atoms with E-state index in [0.717, 1.165) is 22.5 Å². The van der Waals surface area contributed by atoms with Crippen LogP contribution >= 0.6 is 0 Å². The van der Waals surface area contributed by atoms with Gasteiger partial charge in [-0.3, -0.25) is 9.89 Å². The molecule has 1 aromatic carbocycles. The minimum atomic E-state index is -0.286. The van der Waals surface area contributed by atoms with E-state index in [-0.39, 0.29) is 5.91 Å². The van der Waals surface area contributed by atoms with E-state index >= 15 is 0 Å². The molecule has 0 unspecified atom stereocenters. The third-order valence-corrected chi connectivity index (χ3v) is 3.32. The number of nitrogens with one attached hydrogen (secondary N) is 2. The molecule has 1 amide bonds. The van der Waals surface area contributed by atoms with E-state index in [1.807, 2.05) is 44.2 Å². The van der Waals surface area contributed by atoms with Crippen LogP contribution in [0.5, 0.6) is 0 Å². The largest absolute Gasteiger partial charge is 0.459 e. The zero-order valence-electron chi connectivity index (χ0n) is 11.8. The van der Waals surface area contributed by atoms with Crippen molar-refractivity contribution in [2.75, 3.05) is 5.32 Å². The highest BCUT2D eigenvalue weighted by Gasteiger charge is 2.19. The Labute approximate surface area is 122 Å². The van der Waals surface area contributed by atoms with Crippen LogP contribution in [0.15, 0.2) is 47.1 Å². The number of hydrogen-bond donors (Lipinski definition) is 2. The molecule has 21 heavy (non-hydrogen) atoms. The van der Waals surface area contributed by atoms with Gasteiger partial charge in [-0.05, 0) is 25.5 Å². The molecule has 0 saturated heterocycles. The fourth-order valence-electron chi connectivity index (χ4n) is 2.24. The van der Waals surface area contributed by atoms with Crippen LogP contribution in [-0.2, 0) is 0 Å². The molecule has 2 N–H and O–H groups in total. The van der Waals surface area contributed by atoms with Crippen LogP contribution in [0.1, 0.15) is 21.9 Å². The molecule has 0 saturated carbocycles. The number of aromatic amines is 1. The lowest BCUT2D eigenvalue weighted by Crippen LogP contribution is -2.13. The maximum atomic E-state index is 12.4. The number of carbonyl (C=O) groups is 1. The summed E-state index contributed by atoms with van der Waals surface area (Å²) in [4.78, 5) is 12.4. The van der Waals surface area contributed by atoms with Crippen LogP contribution in [0.2, 0.25) is 0 Å². The van der Waals surface area contributed by atoms with Crippen LogP contribution in [-0.4, -0.2) is 16.1 Å². The van der Waals surface area contributed by atoms with E-state index < -0.39 is 0 Å². The number of aryl methyl sites for hydroxylation is 2. The second kappa shape index (κ2) is 5.28. The number of anilines is 1. The highest BCUT2D eigenvalue weighted by Crippen LogP contribution is 2.26. The number of H-pyrrole nitrogens is 1. The van der Waals surface area contributed by atoms with Gasteiger partial charge in [0.2, 0.25) is 0 Å². The summed E-state index contributed by atoms with van der Waals surface area (Å²) in [6, 6.07) is 11.5. The second-order valence-electron chi connectivity index (χ2n) is 4.79. The van der Waals surface area contributed by atoms with Gasteiger partial charge >= 0.3 is 0 Å². The highest BCUT2D eigenvalue weighted by molar-refractivity contribution is 6.07. The molecule has 0 fully saturated rings. The molecule has 0 aliphatic heterocycles. The van der Waals surface area contributed by atoms with Crippen molar-refractivity contribution in [1.29, 1.82) is 0 Å². The minimum absolute atomic E-state index is 0.286. The normalized spacial score (nSPS) is 10.6. The fourth-order valence-corrected chi connectivity index (χ4v) is 2.24. The zero-order chi connectivity index (χ0) is 14.8. The molecule has 3 aromatic rings. The standard InChI is InChI=1S/C16H15N3O2/c1-10-14(11(2)19-18-10)17-16(20)15-13(8-9-21-15)12-6-4-3-5-7-12/h3-9H,1-2H3,(H,17,20)(H,18,19). The Morgan fingerprint density at radius 3 is 2.62 bits per heavy atom. The Kier molecular flexibility index (Phi) is 3.31. The van der Waals surface area contributed by atoms with E-state index in [1.165, 1.54) is 6.26 Å². The minimum Gasteiger partial charge on any atom is -0.459 e. The Balaban J connectivity index is 1.92. The molecule has 0 bridgehead atoms. The first-order valence-electron chi connectivity index (χ1n) is 6.62. The van der Waals surface area contributed by atoms with Crippen molar-refractivity contribution in [2.45, 2.75) is 13.8 Å². The van der Waals surface area contributed by atoms with Crippen LogP contribution in [0, 0.1) is 13.8 Å². The summed E-state index contributed by atoms with van der Waals surface area (Å²) in [5, 5.41) is 9.74. The first-order valence-corrected chi connectivity index (χ1v) is 6.62. The number of benzene rings is 1. The average molecular weight is 281 g/mol. The third kappa shape index (κ3) is 2.45. The number of amides is 1. The molecule has 3 rings (SSSR count). The molecule has 0 aliphatic rings. The van der Waals surface area contributed by atoms with Crippen molar-refractivity contribution in [2.24, 2.45) is 0 Å². The van der Waals surface area contributed by atoms with Gasteiger partial charge < -0.3 is 9.73 Å². The number of rotatable bonds is 3. The maximum absolute atomic E-state index is 12.4. The van der Waals surface area contributed by atoms with E-state index in [1.54, 1.807) is 6.07 Å². The van der Waals surface area contributed by atoms with Crippen LogP contribution < -0.4 is 5.32 Å². The number of carbonyl (C=O) groups excluding carboxylic acids is 1. The summed E-state index contributed by atoms with van der Waals surface area (Å²) in [5.41, 5.74) is 3.96. The van der Waals surface area contributed by atoms with Crippen LogP contribution in [0.25, 0.3) is 11.1 Å². The van der Waals surface area contributed by atoms with Gasteiger partial charge in [0, 0.05) is 5.56 Å². The average Bonchev–Trinajstić information content (AvgIpc) is 3.10. The van der Waals surface area contributed by atoms with Gasteiger partial charge in [0.05, 0.1) is 23.3 Å². The number of nitrogens with zero attached hydrogens (tertiary/aromatic N) is 1. The molecular formula is C16H15N3O2. The Bertz CT molecular complexity index is 752. The number of furan rings is 1. The van der Waals surface area contributed by atoms with Crippen molar-refractivity contribution in [3.8, 4) is 11.1 Å². The highest BCUT2D eigenvalue weighted by atomic mass is 16.3. The summed E-state index contributed by atoms with van der Waals surface area (Å²) in [6.07, 6.45) is 1.52. The van der Waals surface area contributed by atoms with E-state index in [4.69, 9.17) is 4.42 Å². The van der Waals surface area contributed by atoms with Gasteiger partial charge in [-0.25, -0.2) is 0 Å². The molecule has 2 heterocycles. The summed E-state index contributed by atoms with van der Waals surface area (Å²) in [6.45, 7) is 3.69. The molecule has 2 aromatic heterocycles. The maximum Gasteiger partial charge on any atom is 0.292 e. The number of hydrogen-bond acceptors (Lipinski definition) is 3. The van der Waals surface area contributed by atoms with Gasteiger partial charge in [-0.2, -0.15) is 5.10 Å². The predicted molar refractivity (Wildman–Crippen MR) is 80.2 cm³/mol. The number of aromatic nitrogens is 2.